The molecule has 2 aromatic rings. The Morgan fingerprint density at radius 2 is 1.76 bits per heavy atom. The summed E-state index contributed by atoms with van der Waals surface area (Å²) in [5.41, 5.74) is 2.34. The topological polar surface area (TPSA) is 35.8 Å². The summed E-state index contributed by atoms with van der Waals surface area (Å²) in [5, 5.41) is 12.2. The quantitative estimate of drug-likeness (QED) is 0.856. The second kappa shape index (κ2) is 6.84. The zero-order chi connectivity index (χ0) is 15.4. The Hall–Kier alpha value is -1.70. The predicted octanol–water partition coefficient (Wildman–Crippen LogP) is 4.87. The lowest BCUT2D eigenvalue weighted by molar-refractivity contribution is 0.474. The summed E-state index contributed by atoms with van der Waals surface area (Å²) in [6.45, 7) is 3.96. The maximum atomic E-state index is 13.9. The molecule has 0 saturated carbocycles. The Morgan fingerprint density at radius 1 is 1.10 bits per heavy atom. The molecule has 0 bridgehead atoms. The number of rotatable bonds is 4. The van der Waals surface area contributed by atoms with Gasteiger partial charge in [0.1, 0.15) is 5.82 Å². The van der Waals surface area contributed by atoms with E-state index in [1.165, 1.54) is 6.07 Å². The van der Waals surface area contributed by atoms with Crippen LogP contribution in [0.15, 0.2) is 46.9 Å². The molecule has 2 atom stereocenters. The van der Waals surface area contributed by atoms with Crippen molar-refractivity contribution in [3.8, 4) is 6.07 Å². The highest BCUT2D eigenvalue weighted by Gasteiger charge is 2.14. The molecule has 0 radical (unpaired) electrons. The van der Waals surface area contributed by atoms with Crippen molar-refractivity contribution in [2.45, 2.75) is 25.9 Å². The number of halogens is 2. The summed E-state index contributed by atoms with van der Waals surface area (Å²) in [5.74, 6) is -0.226. The first-order valence-electron chi connectivity index (χ1n) is 6.72. The molecule has 21 heavy (non-hydrogen) atoms. The first-order chi connectivity index (χ1) is 10.0. The minimum absolute atomic E-state index is 0.0655. The highest BCUT2D eigenvalue weighted by Crippen LogP contribution is 2.24. The molecule has 108 valence electrons. The van der Waals surface area contributed by atoms with Gasteiger partial charge in [-0.05, 0) is 43.7 Å². The highest BCUT2D eigenvalue weighted by molar-refractivity contribution is 9.10. The third-order valence-electron chi connectivity index (χ3n) is 3.47. The second-order valence-electron chi connectivity index (χ2n) is 5.01. The Bertz CT molecular complexity index is 661. The lowest BCUT2D eigenvalue weighted by atomic mass is 10.0. The van der Waals surface area contributed by atoms with E-state index in [0.717, 1.165) is 10.0 Å². The Labute approximate surface area is 132 Å². The van der Waals surface area contributed by atoms with E-state index in [4.69, 9.17) is 5.26 Å². The molecule has 2 rings (SSSR count). The van der Waals surface area contributed by atoms with E-state index in [-0.39, 0.29) is 17.9 Å². The predicted molar refractivity (Wildman–Crippen MR) is 85.2 cm³/mol. The molecule has 2 aromatic carbocycles. The first-order valence-corrected chi connectivity index (χ1v) is 7.51. The molecular formula is C17H16BrFN2. The molecule has 0 aliphatic heterocycles. The van der Waals surface area contributed by atoms with E-state index >= 15 is 0 Å². The number of nitrogens with one attached hydrogen (secondary N) is 1. The van der Waals surface area contributed by atoms with Gasteiger partial charge in [0.15, 0.2) is 0 Å². The third-order valence-corrected chi connectivity index (χ3v) is 3.96. The molecule has 4 heteroatoms. The van der Waals surface area contributed by atoms with Crippen LogP contribution in [0.4, 0.5) is 4.39 Å². The average molecular weight is 347 g/mol. The van der Waals surface area contributed by atoms with E-state index in [1.807, 2.05) is 32.0 Å². The lowest BCUT2D eigenvalue weighted by Crippen LogP contribution is -2.23. The third kappa shape index (κ3) is 3.90. The van der Waals surface area contributed by atoms with Crippen LogP contribution in [0.3, 0.4) is 0 Å². The molecular weight excluding hydrogens is 331 g/mol. The lowest BCUT2D eigenvalue weighted by Gasteiger charge is -2.21. The SMILES string of the molecule is CC(NC(C)c1ccc(Br)cc1F)c1ccc(C#N)cc1. The average Bonchev–Trinajstić information content (AvgIpc) is 2.47. The Kier molecular flexibility index (Phi) is 5.11. The molecule has 2 unspecified atom stereocenters. The largest absolute Gasteiger partial charge is 0.304 e. The molecule has 0 fully saturated rings. The van der Waals surface area contributed by atoms with Crippen LogP contribution in [0.1, 0.15) is 42.6 Å². The maximum Gasteiger partial charge on any atom is 0.129 e. The summed E-state index contributed by atoms with van der Waals surface area (Å²) in [7, 11) is 0. The second-order valence-corrected chi connectivity index (χ2v) is 5.93. The fourth-order valence-electron chi connectivity index (χ4n) is 2.26. The fraction of sp³-hybridized carbons (Fsp3) is 0.235. The van der Waals surface area contributed by atoms with Gasteiger partial charge in [-0.15, -0.1) is 0 Å². The van der Waals surface area contributed by atoms with Crippen molar-refractivity contribution in [1.29, 1.82) is 5.26 Å². The van der Waals surface area contributed by atoms with Crippen molar-refractivity contribution in [3.63, 3.8) is 0 Å². The number of nitrogens with zero attached hydrogens (tertiary/aromatic N) is 1. The Morgan fingerprint density at radius 3 is 2.33 bits per heavy atom. The normalized spacial score (nSPS) is 13.5. The van der Waals surface area contributed by atoms with Gasteiger partial charge in [0, 0.05) is 22.1 Å². The number of benzene rings is 2. The van der Waals surface area contributed by atoms with Gasteiger partial charge in [-0.25, -0.2) is 4.39 Å². The summed E-state index contributed by atoms with van der Waals surface area (Å²) < 4.78 is 14.7. The summed E-state index contributed by atoms with van der Waals surface area (Å²) in [4.78, 5) is 0. The zero-order valence-corrected chi connectivity index (χ0v) is 13.5. The standard InChI is InChI=1S/C17H16BrFN2/c1-11(14-5-3-13(10-20)4-6-14)21-12(2)16-8-7-15(18)9-17(16)19/h3-9,11-12,21H,1-2H3. The van der Waals surface area contributed by atoms with Gasteiger partial charge in [-0.2, -0.15) is 5.26 Å². The van der Waals surface area contributed by atoms with Gasteiger partial charge < -0.3 is 5.32 Å². The van der Waals surface area contributed by atoms with Crippen molar-refractivity contribution in [2.75, 3.05) is 0 Å². The van der Waals surface area contributed by atoms with E-state index in [0.29, 0.717) is 11.1 Å². The zero-order valence-electron chi connectivity index (χ0n) is 11.9. The van der Waals surface area contributed by atoms with E-state index in [2.05, 4.69) is 27.3 Å². The van der Waals surface area contributed by atoms with Gasteiger partial charge >= 0.3 is 0 Å². The van der Waals surface area contributed by atoms with Crippen LogP contribution in [0.25, 0.3) is 0 Å². The minimum atomic E-state index is -0.226. The van der Waals surface area contributed by atoms with Crippen LogP contribution >= 0.6 is 15.9 Å². The van der Waals surface area contributed by atoms with E-state index < -0.39 is 0 Å². The monoisotopic (exact) mass is 346 g/mol. The smallest absolute Gasteiger partial charge is 0.129 e. The maximum absolute atomic E-state index is 13.9. The number of hydrogen-bond donors (Lipinski definition) is 1. The molecule has 0 spiro atoms. The fourth-order valence-corrected chi connectivity index (χ4v) is 2.59. The Balaban J connectivity index is 2.10. The van der Waals surface area contributed by atoms with Crippen molar-refractivity contribution in [3.05, 3.63) is 69.4 Å². The van der Waals surface area contributed by atoms with Gasteiger partial charge in [-0.1, -0.05) is 34.1 Å². The molecule has 0 aliphatic carbocycles. The highest BCUT2D eigenvalue weighted by atomic mass is 79.9. The van der Waals surface area contributed by atoms with Crippen molar-refractivity contribution >= 4 is 15.9 Å². The van der Waals surface area contributed by atoms with Crippen LogP contribution in [0.2, 0.25) is 0 Å². The van der Waals surface area contributed by atoms with Gasteiger partial charge in [0.05, 0.1) is 11.6 Å². The summed E-state index contributed by atoms with van der Waals surface area (Å²) >= 11 is 3.26. The summed E-state index contributed by atoms with van der Waals surface area (Å²) in [6.07, 6.45) is 0. The van der Waals surface area contributed by atoms with Crippen LogP contribution in [0.5, 0.6) is 0 Å². The van der Waals surface area contributed by atoms with Crippen LogP contribution in [0, 0.1) is 17.1 Å². The van der Waals surface area contributed by atoms with E-state index in [1.54, 1.807) is 18.2 Å². The molecule has 2 nitrogen and oxygen atoms in total. The molecule has 0 heterocycles. The van der Waals surface area contributed by atoms with Crippen molar-refractivity contribution in [1.82, 2.24) is 5.32 Å². The number of nitriles is 1. The molecule has 0 saturated heterocycles. The van der Waals surface area contributed by atoms with E-state index in [9.17, 15) is 4.39 Å². The summed E-state index contributed by atoms with van der Waals surface area (Å²) in [6, 6.07) is 14.6. The first kappa shape index (κ1) is 15.7. The molecule has 0 aliphatic rings. The van der Waals surface area contributed by atoms with Crippen molar-refractivity contribution < 1.29 is 4.39 Å². The van der Waals surface area contributed by atoms with Gasteiger partial charge in [0.25, 0.3) is 0 Å². The van der Waals surface area contributed by atoms with Crippen LogP contribution in [-0.4, -0.2) is 0 Å². The minimum Gasteiger partial charge on any atom is -0.304 e. The molecule has 0 amide bonds. The van der Waals surface area contributed by atoms with Gasteiger partial charge in [-0.3, -0.25) is 0 Å². The van der Waals surface area contributed by atoms with Crippen LogP contribution in [-0.2, 0) is 0 Å². The molecule has 0 aromatic heterocycles. The van der Waals surface area contributed by atoms with Gasteiger partial charge in [0.2, 0.25) is 0 Å². The number of hydrogen-bond acceptors (Lipinski definition) is 2. The van der Waals surface area contributed by atoms with Crippen molar-refractivity contribution in [2.24, 2.45) is 0 Å². The van der Waals surface area contributed by atoms with Crippen LogP contribution < -0.4 is 5.32 Å². The molecule has 1 N–H and O–H groups in total.